The Bertz CT molecular complexity index is 347. The number of carbonyl (C=O) groups is 1. The van der Waals surface area contributed by atoms with E-state index in [9.17, 15) is 4.79 Å². The van der Waals surface area contributed by atoms with Gasteiger partial charge in [-0.2, -0.15) is 0 Å². The van der Waals surface area contributed by atoms with Crippen molar-refractivity contribution in [3.8, 4) is 0 Å². The largest absolute Gasteiger partial charge is 0.370 e. The Hall–Kier alpha value is -1.35. The summed E-state index contributed by atoms with van der Waals surface area (Å²) in [6.45, 7) is 3.27. The molecule has 80 valence electrons. The van der Waals surface area contributed by atoms with Gasteiger partial charge in [-0.05, 0) is 30.9 Å². The number of aryl methyl sites for hydroxylation is 1. The van der Waals surface area contributed by atoms with Crippen molar-refractivity contribution in [2.24, 2.45) is 0 Å². The molecule has 2 rings (SSSR count). The second-order valence-electron chi connectivity index (χ2n) is 3.93. The molecule has 0 atom stereocenters. The summed E-state index contributed by atoms with van der Waals surface area (Å²) in [5, 5.41) is 1.77. The standard InChI is InChI=1S/C12H15NO2/c1-10-4-2-3-5-11(10)8-13(15-9-14)12-6-7-12/h2-5,9,12H,6-8H2,1H3. The first kappa shape index (κ1) is 10.2. The molecule has 0 spiro atoms. The molecule has 0 radical (unpaired) electrons. The van der Waals surface area contributed by atoms with Crippen molar-refractivity contribution >= 4 is 6.47 Å². The van der Waals surface area contributed by atoms with Gasteiger partial charge in [0, 0.05) is 6.04 Å². The van der Waals surface area contributed by atoms with Crippen LogP contribution in [0.2, 0.25) is 0 Å². The van der Waals surface area contributed by atoms with E-state index in [0.29, 0.717) is 19.1 Å². The lowest BCUT2D eigenvalue weighted by molar-refractivity contribution is -0.180. The molecular formula is C12H15NO2. The minimum absolute atomic E-state index is 0.426. The summed E-state index contributed by atoms with van der Waals surface area (Å²) in [6.07, 6.45) is 2.25. The van der Waals surface area contributed by atoms with Crippen LogP contribution in [0.5, 0.6) is 0 Å². The van der Waals surface area contributed by atoms with Gasteiger partial charge < -0.3 is 4.84 Å². The predicted molar refractivity (Wildman–Crippen MR) is 56.9 cm³/mol. The van der Waals surface area contributed by atoms with E-state index < -0.39 is 0 Å². The van der Waals surface area contributed by atoms with E-state index >= 15 is 0 Å². The zero-order valence-corrected chi connectivity index (χ0v) is 8.85. The normalized spacial score (nSPS) is 15.3. The molecule has 1 aromatic carbocycles. The number of rotatable bonds is 5. The van der Waals surface area contributed by atoms with Crippen LogP contribution in [-0.2, 0) is 16.2 Å². The molecule has 1 aliphatic carbocycles. The van der Waals surface area contributed by atoms with Crippen LogP contribution in [0.15, 0.2) is 24.3 Å². The van der Waals surface area contributed by atoms with Gasteiger partial charge in [-0.3, -0.25) is 4.79 Å². The van der Waals surface area contributed by atoms with Crippen LogP contribution in [0.1, 0.15) is 24.0 Å². The minimum Gasteiger partial charge on any atom is -0.370 e. The molecule has 3 heteroatoms. The SMILES string of the molecule is Cc1ccccc1CN(OC=O)C1CC1. The average Bonchev–Trinajstić information content (AvgIpc) is 3.04. The number of hydrogen-bond donors (Lipinski definition) is 0. The maximum Gasteiger partial charge on any atom is 0.313 e. The Morgan fingerprint density at radius 1 is 1.47 bits per heavy atom. The zero-order valence-electron chi connectivity index (χ0n) is 8.85. The van der Waals surface area contributed by atoms with Crippen molar-refractivity contribution in [3.63, 3.8) is 0 Å². The molecule has 1 aliphatic rings. The summed E-state index contributed by atoms with van der Waals surface area (Å²) in [5.74, 6) is 0. The maximum absolute atomic E-state index is 10.4. The fraction of sp³-hybridized carbons (Fsp3) is 0.417. The van der Waals surface area contributed by atoms with Gasteiger partial charge in [0.05, 0.1) is 6.54 Å². The molecule has 0 bridgehead atoms. The average molecular weight is 205 g/mol. The van der Waals surface area contributed by atoms with E-state index in [4.69, 9.17) is 4.84 Å². The van der Waals surface area contributed by atoms with Crippen LogP contribution < -0.4 is 0 Å². The van der Waals surface area contributed by atoms with E-state index in [1.807, 2.05) is 12.1 Å². The van der Waals surface area contributed by atoms with Crippen molar-refractivity contribution in [1.29, 1.82) is 0 Å². The molecular weight excluding hydrogens is 190 g/mol. The molecule has 0 aliphatic heterocycles. The van der Waals surface area contributed by atoms with Crippen LogP contribution in [0.3, 0.4) is 0 Å². The summed E-state index contributed by atoms with van der Waals surface area (Å²) >= 11 is 0. The second-order valence-corrected chi connectivity index (χ2v) is 3.93. The monoisotopic (exact) mass is 205 g/mol. The van der Waals surface area contributed by atoms with Gasteiger partial charge in [0.15, 0.2) is 0 Å². The quantitative estimate of drug-likeness (QED) is 0.544. The summed E-state index contributed by atoms with van der Waals surface area (Å²) in [7, 11) is 0. The van der Waals surface area contributed by atoms with Crippen LogP contribution in [0.4, 0.5) is 0 Å². The van der Waals surface area contributed by atoms with Crippen molar-refractivity contribution in [2.75, 3.05) is 0 Å². The Balaban J connectivity index is 2.05. The number of carbonyl (C=O) groups excluding carboxylic acids is 1. The molecule has 0 amide bonds. The fourth-order valence-electron chi connectivity index (χ4n) is 1.63. The Labute approximate surface area is 89.6 Å². The summed E-state index contributed by atoms with van der Waals surface area (Å²) in [4.78, 5) is 15.3. The number of benzene rings is 1. The molecule has 0 unspecified atom stereocenters. The highest BCUT2D eigenvalue weighted by molar-refractivity contribution is 5.36. The van der Waals surface area contributed by atoms with Gasteiger partial charge >= 0.3 is 6.47 Å². The molecule has 0 N–H and O–H groups in total. The molecule has 1 fully saturated rings. The van der Waals surface area contributed by atoms with Gasteiger partial charge in [0.25, 0.3) is 0 Å². The maximum atomic E-state index is 10.4. The van der Waals surface area contributed by atoms with Crippen LogP contribution in [-0.4, -0.2) is 17.6 Å². The number of hydrogen-bond acceptors (Lipinski definition) is 3. The third-order valence-electron chi connectivity index (χ3n) is 2.72. The molecule has 0 aromatic heterocycles. The first-order chi connectivity index (χ1) is 7.31. The highest BCUT2D eigenvalue weighted by atomic mass is 16.7. The van der Waals surface area contributed by atoms with Crippen molar-refractivity contribution in [1.82, 2.24) is 5.06 Å². The summed E-state index contributed by atoms with van der Waals surface area (Å²) < 4.78 is 0. The molecule has 0 heterocycles. The Morgan fingerprint density at radius 2 is 2.20 bits per heavy atom. The van der Waals surface area contributed by atoms with Crippen molar-refractivity contribution in [3.05, 3.63) is 35.4 Å². The van der Waals surface area contributed by atoms with Crippen molar-refractivity contribution in [2.45, 2.75) is 32.4 Å². The fourth-order valence-corrected chi connectivity index (χ4v) is 1.63. The number of hydroxylamine groups is 2. The van der Waals surface area contributed by atoms with Crippen molar-refractivity contribution < 1.29 is 9.63 Å². The van der Waals surface area contributed by atoms with Crippen LogP contribution in [0.25, 0.3) is 0 Å². The molecule has 15 heavy (non-hydrogen) atoms. The van der Waals surface area contributed by atoms with E-state index in [-0.39, 0.29) is 0 Å². The predicted octanol–water partition coefficient (Wildman–Crippen LogP) is 2.05. The smallest absolute Gasteiger partial charge is 0.313 e. The molecule has 0 saturated heterocycles. The van der Waals surface area contributed by atoms with E-state index in [0.717, 1.165) is 12.8 Å². The van der Waals surface area contributed by atoms with Gasteiger partial charge in [0.2, 0.25) is 0 Å². The van der Waals surface area contributed by atoms with E-state index in [2.05, 4.69) is 19.1 Å². The lowest BCUT2D eigenvalue weighted by Crippen LogP contribution is -2.25. The van der Waals surface area contributed by atoms with Gasteiger partial charge in [-0.25, -0.2) is 0 Å². The van der Waals surface area contributed by atoms with E-state index in [1.54, 1.807) is 5.06 Å². The summed E-state index contributed by atoms with van der Waals surface area (Å²) in [5.41, 5.74) is 2.45. The first-order valence-electron chi connectivity index (χ1n) is 5.23. The molecule has 1 saturated carbocycles. The van der Waals surface area contributed by atoms with Gasteiger partial charge in [0.1, 0.15) is 0 Å². The molecule has 3 nitrogen and oxygen atoms in total. The third kappa shape index (κ3) is 2.57. The van der Waals surface area contributed by atoms with Gasteiger partial charge in [-0.15, -0.1) is 5.06 Å². The first-order valence-corrected chi connectivity index (χ1v) is 5.23. The lowest BCUT2D eigenvalue weighted by Gasteiger charge is -2.19. The number of nitrogens with zero attached hydrogens (tertiary/aromatic N) is 1. The summed E-state index contributed by atoms with van der Waals surface area (Å²) in [6, 6.07) is 8.59. The minimum atomic E-state index is 0.426. The van der Waals surface area contributed by atoms with Crippen LogP contribution in [0, 0.1) is 6.92 Å². The molecule has 1 aromatic rings. The van der Waals surface area contributed by atoms with Gasteiger partial charge in [-0.1, -0.05) is 24.3 Å². The topological polar surface area (TPSA) is 29.5 Å². The zero-order chi connectivity index (χ0) is 10.7. The van der Waals surface area contributed by atoms with Crippen LogP contribution >= 0.6 is 0 Å². The highest BCUT2D eigenvalue weighted by Gasteiger charge is 2.30. The highest BCUT2D eigenvalue weighted by Crippen LogP contribution is 2.28. The van der Waals surface area contributed by atoms with E-state index in [1.165, 1.54) is 11.1 Å². The Kier molecular flexibility index (Phi) is 3.02. The lowest BCUT2D eigenvalue weighted by atomic mass is 10.1. The Morgan fingerprint density at radius 3 is 2.80 bits per heavy atom. The third-order valence-corrected chi connectivity index (χ3v) is 2.72. The second kappa shape index (κ2) is 4.45.